The zero-order chi connectivity index (χ0) is 10.6. The summed E-state index contributed by atoms with van der Waals surface area (Å²) in [4.78, 5) is 0. The first-order valence-electron chi connectivity index (χ1n) is 3.93. The van der Waals surface area contributed by atoms with Crippen LogP contribution in [-0.4, -0.2) is 0 Å². The second kappa shape index (κ2) is 4.90. The molecule has 0 amide bonds. The van der Waals surface area contributed by atoms with E-state index in [1.54, 1.807) is 24.3 Å². The van der Waals surface area contributed by atoms with E-state index < -0.39 is 0 Å². The first-order valence-corrected chi connectivity index (χ1v) is 4.68. The Hall–Kier alpha value is -1.17. The normalized spacial score (nSPS) is 10.4. The van der Waals surface area contributed by atoms with Crippen LogP contribution >= 0.6 is 23.2 Å². The van der Waals surface area contributed by atoms with Crippen LogP contribution in [0.2, 0.25) is 10.0 Å². The molecule has 0 bridgehead atoms. The number of rotatable bonds is 2. The number of hydrogen-bond donors (Lipinski definition) is 1. The molecule has 0 atom stereocenters. The molecule has 1 rings (SSSR count). The quantitative estimate of drug-likeness (QED) is 0.786. The van der Waals surface area contributed by atoms with Gasteiger partial charge in [-0.2, -0.15) is 5.26 Å². The Bertz CT molecular complexity index is 405. The summed E-state index contributed by atoms with van der Waals surface area (Å²) in [5.41, 5.74) is 6.92. The van der Waals surface area contributed by atoms with Crippen molar-refractivity contribution in [1.82, 2.24) is 0 Å². The monoisotopic (exact) mass is 226 g/mol. The molecule has 2 nitrogen and oxygen atoms in total. The molecule has 1 aromatic rings. The Morgan fingerprint density at radius 3 is 2.79 bits per heavy atom. The third-order valence-electron chi connectivity index (χ3n) is 1.63. The average molecular weight is 227 g/mol. The number of benzene rings is 1. The molecule has 0 spiro atoms. The molecule has 0 aliphatic carbocycles. The fourth-order valence-corrected chi connectivity index (χ4v) is 1.49. The number of allylic oxidation sites excluding steroid dienone is 1. The van der Waals surface area contributed by atoms with Crippen LogP contribution in [0.25, 0.3) is 6.08 Å². The van der Waals surface area contributed by atoms with E-state index in [1.165, 1.54) is 0 Å². The lowest BCUT2D eigenvalue weighted by molar-refractivity contribution is 1.36. The van der Waals surface area contributed by atoms with Crippen LogP contribution in [0, 0.1) is 11.3 Å². The van der Waals surface area contributed by atoms with Crippen LogP contribution in [0.1, 0.15) is 12.0 Å². The van der Waals surface area contributed by atoms with E-state index in [-0.39, 0.29) is 0 Å². The molecule has 0 radical (unpaired) electrons. The fourth-order valence-electron chi connectivity index (χ4n) is 0.981. The van der Waals surface area contributed by atoms with Gasteiger partial charge in [0, 0.05) is 10.6 Å². The second-order valence-corrected chi connectivity index (χ2v) is 3.50. The molecule has 0 saturated carbocycles. The van der Waals surface area contributed by atoms with Crippen molar-refractivity contribution >= 4 is 35.0 Å². The van der Waals surface area contributed by atoms with E-state index in [1.807, 2.05) is 6.07 Å². The van der Waals surface area contributed by atoms with Crippen molar-refractivity contribution in [2.24, 2.45) is 0 Å². The van der Waals surface area contributed by atoms with Gasteiger partial charge < -0.3 is 5.73 Å². The molecule has 0 aliphatic rings. The summed E-state index contributed by atoms with van der Waals surface area (Å²) in [5.74, 6) is 0. The number of hydrogen-bond acceptors (Lipinski definition) is 2. The molecular formula is C10H8Cl2N2. The minimum absolute atomic E-state index is 0.337. The summed E-state index contributed by atoms with van der Waals surface area (Å²) in [6, 6.07) is 5.28. The lowest BCUT2D eigenvalue weighted by Gasteiger charge is -2.03. The molecule has 0 heterocycles. The Kier molecular flexibility index (Phi) is 3.82. The van der Waals surface area contributed by atoms with Crippen LogP contribution in [-0.2, 0) is 0 Å². The highest BCUT2D eigenvalue weighted by molar-refractivity contribution is 6.36. The Balaban J connectivity index is 3.03. The SMILES string of the molecule is N#CCC=Cc1cc(Cl)cc(Cl)c1N. The van der Waals surface area contributed by atoms with Crippen molar-refractivity contribution in [2.45, 2.75) is 6.42 Å². The molecule has 4 heteroatoms. The topological polar surface area (TPSA) is 49.8 Å². The fraction of sp³-hybridized carbons (Fsp3) is 0.100. The van der Waals surface area contributed by atoms with E-state index in [2.05, 4.69) is 0 Å². The van der Waals surface area contributed by atoms with Crippen molar-refractivity contribution in [3.8, 4) is 6.07 Å². The van der Waals surface area contributed by atoms with Gasteiger partial charge in [-0.15, -0.1) is 0 Å². The number of nitrogens with two attached hydrogens (primary N) is 1. The van der Waals surface area contributed by atoms with E-state index in [0.29, 0.717) is 22.2 Å². The summed E-state index contributed by atoms with van der Waals surface area (Å²) < 4.78 is 0. The highest BCUT2D eigenvalue weighted by Gasteiger charge is 2.02. The summed E-state index contributed by atoms with van der Waals surface area (Å²) in [6.07, 6.45) is 3.78. The number of anilines is 1. The zero-order valence-corrected chi connectivity index (χ0v) is 8.81. The standard InChI is InChI=1S/C10H8Cl2N2/c11-8-5-7(3-1-2-4-13)10(14)9(12)6-8/h1,3,5-6H,2,14H2. The molecule has 0 aromatic heterocycles. The van der Waals surface area contributed by atoms with Crippen LogP contribution in [0.4, 0.5) is 5.69 Å². The van der Waals surface area contributed by atoms with Crippen LogP contribution in [0.3, 0.4) is 0 Å². The van der Waals surface area contributed by atoms with Gasteiger partial charge in [0.05, 0.1) is 23.2 Å². The minimum atomic E-state index is 0.337. The third-order valence-corrected chi connectivity index (χ3v) is 2.16. The molecule has 1 aromatic carbocycles. The van der Waals surface area contributed by atoms with Crippen molar-refractivity contribution < 1.29 is 0 Å². The summed E-state index contributed by atoms with van der Waals surface area (Å²) >= 11 is 11.6. The number of nitriles is 1. The molecule has 0 fully saturated rings. The highest BCUT2D eigenvalue weighted by Crippen LogP contribution is 2.28. The minimum Gasteiger partial charge on any atom is -0.397 e. The lowest BCUT2D eigenvalue weighted by Crippen LogP contribution is -1.90. The number of nitrogens with zero attached hydrogens (tertiary/aromatic N) is 1. The average Bonchev–Trinajstić information content (AvgIpc) is 2.13. The Labute approximate surface area is 92.5 Å². The largest absolute Gasteiger partial charge is 0.397 e. The van der Waals surface area contributed by atoms with Crippen molar-refractivity contribution in [3.05, 3.63) is 33.8 Å². The van der Waals surface area contributed by atoms with E-state index in [4.69, 9.17) is 34.2 Å². The van der Waals surface area contributed by atoms with E-state index >= 15 is 0 Å². The lowest BCUT2D eigenvalue weighted by atomic mass is 10.1. The van der Waals surface area contributed by atoms with Crippen LogP contribution in [0.15, 0.2) is 18.2 Å². The number of nitrogen functional groups attached to an aromatic ring is 1. The van der Waals surface area contributed by atoms with Crippen LogP contribution in [0.5, 0.6) is 0 Å². The van der Waals surface area contributed by atoms with Gasteiger partial charge >= 0.3 is 0 Å². The van der Waals surface area contributed by atoms with Gasteiger partial charge in [0.25, 0.3) is 0 Å². The summed E-state index contributed by atoms with van der Waals surface area (Å²) in [5, 5.41) is 9.29. The molecule has 0 saturated heterocycles. The molecule has 2 N–H and O–H groups in total. The van der Waals surface area contributed by atoms with Gasteiger partial charge in [0.1, 0.15) is 0 Å². The number of halogens is 2. The van der Waals surface area contributed by atoms with Gasteiger partial charge in [-0.1, -0.05) is 35.4 Å². The highest BCUT2D eigenvalue weighted by atomic mass is 35.5. The smallest absolute Gasteiger partial charge is 0.0663 e. The van der Waals surface area contributed by atoms with Crippen molar-refractivity contribution in [3.63, 3.8) is 0 Å². The van der Waals surface area contributed by atoms with Gasteiger partial charge in [-0.05, 0) is 12.1 Å². The third kappa shape index (κ3) is 2.66. The predicted molar refractivity (Wildman–Crippen MR) is 60.1 cm³/mol. The summed E-state index contributed by atoms with van der Waals surface area (Å²) in [7, 11) is 0. The Morgan fingerprint density at radius 1 is 1.43 bits per heavy atom. The van der Waals surface area contributed by atoms with Crippen LogP contribution < -0.4 is 5.73 Å². The molecule has 72 valence electrons. The predicted octanol–water partition coefficient (Wildman–Crippen LogP) is 3.50. The summed E-state index contributed by atoms with van der Waals surface area (Å²) in [6.45, 7) is 0. The van der Waals surface area contributed by atoms with Gasteiger partial charge in [0.15, 0.2) is 0 Å². The van der Waals surface area contributed by atoms with Crippen molar-refractivity contribution in [1.29, 1.82) is 5.26 Å². The first kappa shape index (κ1) is 10.9. The maximum absolute atomic E-state index is 8.34. The van der Waals surface area contributed by atoms with E-state index in [0.717, 1.165) is 5.56 Å². The molecule has 0 aliphatic heterocycles. The second-order valence-electron chi connectivity index (χ2n) is 2.66. The zero-order valence-electron chi connectivity index (χ0n) is 7.30. The Morgan fingerprint density at radius 2 is 2.14 bits per heavy atom. The van der Waals surface area contributed by atoms with Gasteiger partial charge in [-0.25, -0.2) is 0 Å². The van der Waals surface area contributed by atoms with Gasteiger partial charge in [0.2, 0.25) is 0 Å². The van der Waals surface area contributed by atoms with Gasteiger partial charge in [-0.3, -0.25) is 0 Å². The molecule has 0 unspecified atom stereocenters. The first-order chi connectivity index (χ1) is 6.65. The van der Waals surface area contributed by atoms with Crippen molar-refractivity contribution in [2.75, 3.05) is 5.73 Å². The maximum Gasteiger partial charge on any atom is 0.0663 e. The maximum atomic E-state index is 8.34. The van der Waals surface area contributed by atoms with E-state index in [9.17, 15) is 0 Å². The molecule has 14 heavy (non-hydrogen) atoms. The molecular weight excluding hydrogens is 219 g/mol.